The van der Waals surface area contributed by atoms with Gasteiger partial charge in [-0.05, 0) is 19.1 Å². The molecular formula is C15H16ClN3O2. The molecule has 110 valence electrons. The van der Waals surface area contributed by atoms with Gasteiger partial charge >= 0.3 is 0 Å². The van der Waals surface area contributed by atoms with Crippen LogP contribution in [0.3, 0.4) is 0 Å². The lowest BCUT2D eigenvalue weighted by Crippen LogP contribution is -2.44. The Hall–Kier alpha value is -1.85. The highest BCUT2D eigenvalue weighted by atomic mass is 35.5. The average molecular weight is 306 g/mol. The van der Waals surface area contributed by atoms with Crippen LogP contribution in [0.4, 0.5) is 0 Å². The molecular weight excluding hydrogens is 290 g/mol. The zero-order valence-corrected chi connectivity index (χ0v) is 12.4. The minimum atomic E-state index is -0.317. The van der Waals surface area contributed by atoms with E-state index < -0.39 is 0 Å². The number of rotatable bonds is 3. The maximum atomic E-state index is 11.4. The number of halogens is 1. The van der Waals surface area contributed by atoms with E-state index in [1.807, 2.05) is 36.1 Å². The fraction of sp³-hybridized carbons (Fsp3) is 0.333. The summed E-state index contributed by atoms with van der Waals surface area (Å²) in [7, 11) is 0. The third-order valence-electron chi connectivity index (χ3n) is 3.93. The number of primary amides is 1. The van der Waals surface area contributed by atoms with Gasteiger partial charge in [0.1, 0.15) is 11.5 Å². The molecule has 0 aliphatic carbocycles. The van der Waals surface area contributed by atoms with Crippen LogP contribution in [0.1, 0.15) is 18.2 Å². The van der Waals surface area contributed by atoms with Crippen LogP contribution in [-0.2, 0) is 17.8 Å². The molecule has 1 aromatic heterocycles. The van der Waals surface area contributed by atoms with Gasteiger partial charge in [-0.3, -0.25) is 9.69 Å². The quantitative estimate of drug-likeness (QED) is 0.944. The number of hydrogen-bond acceptors (Lipinski definition) is 4. The first kappa shape index (κ1) is 14.1. The fourth-order valence-electron chi connectivity index (χ4n) is 2.58. The lowest BCUT2D eigenvalue weighted by atomic mass is 10.0. The molecule has 6 heteroatoms. The van der Waals surface area contributed by atoms with Crippen LogP contribution in [0.5, 0.6) is 0 Å². The summed E-state index contributed by atoms with van der Waals surface area (Å²) in [4.78, 5) is 13.4. The Labute approximate surface area is 127 Å². The van der Waals surface area contributed by atoms with Crippen molar-refractivity contribution in [3.05, 3.63) is 40.6 Å². The molecule has 0 unspecified atom stereocenters. The zero-order chi connectivity index (χ0) is 15.0. The summed E-state index contributed by atoms with van der Waals surface area (Å²) in [5, 5.41) is 4.86. The SMILES string of the molecule is C[C@@H](C(N)=O)N1CCc2onc(-c3ccc(Cl)cc3)c2C1. The summed E-state index contributed by atoms with van der Waals surface area (Å²) in [6.07, 6.45) is 0.730. The molecule has 2 aromatic rings. The van der Waals surface area contributed by atoms with Crippen LogP contribution in [0.25, 0.3) is 11.3 Å². The molecule has 0 radical (unpaired) electrons. The zero-order valence-electron chi connectivity index (χ0n) is 11.7. The van der Waals surface area contributed by atoms with E-state index in [1.165, 1.54) is 0 Å². The van der Waals surface area contributed by atoms with Gasteiger partial charge in [0.2, 0.25) is 5.91 Å². The van der Waals surface area contributed by atoms with E-state index in [0.717, 1.165) is 35.5 Å². The van der Waals surface area contributed by atoms with Crippen LogP contribution in [-0.4, -0.2) is 28.6 Å². The van der Waals surface area contributed by atoms with Gasteiger partial charge in [-0.15, -0.1) is 0 Å². The Morgan fingerprint density at radius 1 is 1.43 bits per heavy atom. The maximum Gasteiger partial charge on any atom is 0.234 e. The summed E-state index contributed by atoms with van der Waals surface area (Å²) < 4.78 is 5.43. The molecule has 1 aromatic carbocycles. The van der Waals surface area contributed by atoms with Crippen molar-refractivity contribution >= 4 is 17.5 Å². The minimum Gasteiger partial charge on any atom is -0.368 e. The fourth-order valence-corrected chi connectivity index (χ4v) is 2.70. The number of nitrogens with two attached hydrogens (primary N) is 1. The highest BCUT2D eigenvalue weighted by Crippen LogP contribution is 2.31. The van der Waals surface area contributed by atoms with E-state index >= 15 is 0 Å². The van der Waals surface area contributed by atoms with Gasteiger partial charge < -0.3 is 10.3 Å². The largest absolute Gasteiger partial charge is 0.368 e. The molecule has 2 N–H and O–H groups in total. The summed E-state index contributed by atoms with van der Waals surface area (Å²) in [6, 6.07) is 7.18. The van der Waals surface area contributed by atoms with E-state index in [0.29, 0.717) is 11.6 Å². The van der Waals surface area contributed by atoms with E-state index in [-0.39, 0.29) is 11.9 Å². The van der Waals surface area contributed by atoms with Crippen LogP contribution in [0.2, 0.25) is 5.02 Å². The molecule has 5 nitrogen and oxygen atoms in total. The highest BCUT2D eigenvalue weighted by Gasteiger charge is 2.29. The van der Waals surface area contributed by atoms with Crippen LogP contribution in [0, 0.1) is 0 Å². The molecule has 2 heterocycles. The molecule has 3 rings (SSSR count). The molecule has 1 aliphatic heterocycles. The Morgan fingerprint density at radius 3 is 2.81 bits per heavy atom. The first-order valence-corrected chi connectivity index (χ1v) is 7.21. The Balaban J connectivity index is 1.92. The van der Waals surface area contributed by atoms with Crippen LogP contribution < -0.4 is 5.73 Å². The highest BCUT2D eigenvalue weighted by molar-refractivity contribution is 6.30. The summed E-state index contributed by atoms with van der Waals surface area (Å²) in [5.41, 5.74) is 8.18. The first-order chi connectivity index (χ1) is 10.1. The van der Waals surface area contributed by atoms with Crippen molar-refractivity contribution in [1.82, 2.24) is 10.1 Å². The van der Waals surface area contributed by atoms with Gasteiger partial charge in [0.05, 0.1) is 6.04 Å². The van der Waals surface area contributed by atoms with Gasteiger partial charge in [0.15, 0.2) is 0 Å². The standard InChI is InChI=1S/C15H16ClN3O2/c1-9(15(17)20)19-7-6-13-12(8-19)14(18-21-13)10-2-4-11(16)5-3-10/h2-5,9H,6-8H2,1H3,(H2,17,20)/t9-/m0/s1. The van der Waals surface area contributed by atoms with Gasteiger partial charge in [-0.25, -0.2) is 0 Å². The summed E-state index contributed by atoms with van der Waals surface area (Å²) in [6.45, 7) is 3.18. The smallest absolute Gasteiger partial charge is 0.234 e. The van der Waals surface area contributed by atoms with E-state index in [1.54, 1.807) is 0 Å². The first-order valence-electron chi connectivity index (χ1n) is 6.83. The number of aromatic nitrogens is 1. The average Bonchev–Trinajstić information content (AvgIpc) is 2.90. The molecule has 21 heavy (non-hydrogen) atoms. The van der Waals surface area contributed by atoms with Gasteiger partial charge in [-0.2, -0.15) is 0 Å². The van der Waals surface area contributed by atoms with E-state index in [4.69, 9.17) is 21.9 Å². The molecule has 1 aliphatic rings. The van der Waals surface area contributed by atoms with Gasteiger partial charge in [0.25, 0.3) is 0 Å². The Kier molecular flexibility index (Phi) is 3.69. The molecule has 0 saturated heterocycles. The maximum absolute atomic E-state index is 11.4. The third-order valence-corrected chi connectivity index (χ3v) is 4.19. The molecule has 0 saturated carbocycles. The van der Waals surface area contributed by atoms with E-state index in [9.17, 15) is 4.79 Å². The van der Waals surface area contributed by atoms with Crippen LogP contribution in [0.15, 0.2) is 28.8 Å². The summed E-state index contributed by atoms with van der Waals surface area (Å²) in [5.74, 6) is 0.566. The number of fused-ring (bicyclic) bond motifs is 1. The predicted molar refractivity (Wildman–Crippen MR) is 79.7 cm³/mol. The minimum absolute atomic E-state index is 0.300. The predicted octanol–water partition coefficient (Wildman–Crippen LogP) is 2.23. The number of nitrogens with zero attached hydrogens (tertiary/aromatic N) is 2. The van der Waals surface area contributed by atoms with Crippen molar-refractivity contribution < 1.29 is 9.32 Å². The summed E-state index contributed by atoms with van der Waals surface area (Å²) >= 11 is 5.91. The topological polar surface area (TPSA) is 72.4 Å². The van der Waals surface area contributed by atoms with Crippen molar-refractivity contribution in [3.63, 3.8) is 0 Å². The second-order valence-electron chi connectivity index (χ2n) is 5.24. The van der Waals surface area contributed by atoms with Crippen molar-refractivity contribution in [2.24, 2.45) is 5.73 Å². The lowest BCUT2D eigenvalue weighted by Gasteiger charge is -2.29. The Bertz CT molecular complexity index is 666. The van der Waals surface area contributed by atoms with Crippen molar-refractivity contribution in [1.29, 1.82) is 0 Å². The molecule has 0 spiro atoms. The molecule has 1 atom stereocenters. The van der Waals surface area contributed by atoms with Crippen molar-refractivity contribution in [2.75, 3.05) is 6.54 Å². The number of amides is 1. The lowest BCUT2D eigenvalue weighted by molar-refractivity contribution is -0.123. The number of benzene rings is 1. The number of carbonyl (C=O) groups is 1. The molecule has 1 amide bonds. The van der Waals surface area contributed by atoms with Gasteiger partial charge in [-0.1, -0.05) is 28.9 Å². The normalized spacial score (nSPS) is 16.5. The number of carbonyl (C=O) groups excluding carboxylic acids is 1. The van der Waals surface area contributed by atoms with Crippen molar-refractivity contribution in [3.8, 4) is 11.3 Å². The monoisotopic (exact) mass is 305 g/mol. The second-order valence-corrected chi connectivity index (χ2v) is 5.68. The van der Waals surface area contributed by atoms with Crippen LogP contribution >= 0.6 is 11.6 Å². The second kappa shape index (κ2) is 5.50. The molecule has 0 fully saturated rings. The number of hydrogen-bond donors (Lipinski definition) is 1. The Morgan fingerprint density at radius 2 is 2.14 bits per heavy atom. The molecule has 0 bridgehead atoms. The third kappa shape index (κ3) is 2.66. The van der Waals surface area contributed by atoms with E-state index in [2.05, 4.69) is 5.16 Å². The van der Waals surface area contributed by atoms with Gasteiger partial charge in [0, 0.05) is 35.7 Å². The van der Waals surface area contributed by atoms with Crippen molar-refractivity contribution in [2.45, 2.75) is 25.9 Å².